The number of rotatable bonds is 14. The largest absolute Gasteiger partial charge is 0.431 e. The summed E-state index contributed by atoms with van der Waals surface area (Å²) in [6.45, 7) is 17.5. The predicted octanol–water partition coefficient (Wildman–Crippen LogP) is 6.30. The number of aliphatic imine (C=N–C) groups is 1. The first-order valence-corrected chi connectivity index (χ1v) is 14.3. The normalized spacial score (nSPS) is 12.5. The molecule has 2 amide bonds. The Balaban J connectivity index is 2.30. The highest BCUT2D eigenvalue weighted by Gasteiger charge is 2.21. The van der Waals surface area contributed by atoms with Crippen LogP contribution in [-0.4, -0.2) is 53.2 Å². The molecule has 1 heterocycles. The Hall–Kier alpha value is -3.42. The average molecular weight is 538 g/mol. The number of amidine groups is 1. The van der Waals surface area contributed by atoms with E-state index in [0.717, 1.165) is 50.6 Å². The number of benzene rings is 1. The molecule has 0 aliphatic heterocycles. The lowest BCUT2D eigenvalue weighted by atomic mass is 10.1. The maximum Gasteiger partial charge on any atom is 0.288 e. The highest BCUT2D eigenvalue weighted by Crippen LogP contribution is 2.24. The number of aromatic nitrogens is 1. The van der Waals surface area contributed by atoms with Crippen molar-refractivity contribution in [3.05, 3.63) is 48.4 Å². The molecule has 39 heavy (non-hydrogen) atoms. The second-order valence-corrected chi connectivity index (χ2v) is 10.2. The summed E-state index contributed by atoms with van der Waals surface area (Å²) in [6.07, 6.45) is 6.88. The number of nitrogens with zero attached hydrogens (tertiary/aromatic N) is 3. The first-order chi connectivity index (χ1) is 18.7. The Labute approximate surface area is 234 Å². The van der Waals surface area contributed by atoms with Crippen molar-refractivity contribution in [3.8, 4) is 11.5 Å². The van der Waals surface area contributed by atoms with Gasteiger partial charge in [0, 0.05) is 36.8 Å². The van der Waals surface area contributed by atoms with Crippen LogP contribution in [0, 0.1) is 5.92 Å². The van der Waals surface area contributed by atoms with Gasteiger partial charge in [-0.25, -0.2) is 9.98 Å². The van der Waals surface area contributed by atoms with Gasteiger partial charge in [0.25, 0.3) is 11.8 Å². The quantitative estimate of drug-likeness (QED) is 0.218. The number of carbonyl (C=O) groups excluding carboxylic acids is 2. The van der Waals surface area contributed by atoms with E-state index in [2.05, 4.69) is 49.9 Å². The second-order valence-electron chi connectivity index (χ2n) is 10.2. The van der Waals surface area contributed by atoms with Crippen molar-refractivity contribution in [2.75, 3.05) is 13.6 Å². The molecular formula is C31H47N5O3. The molecule has 8 heteroatoms. The third-order valence-electron chi connectivity index (χ3n) is 7.27. The Kier molecular flexibility index (Phi) is 12.9. The van der Waals surface area contributed by atoms with Gasteiger partial charge in [0.2, 0.25) is 11.7 Å². The van der Waals surface area contributed by atoms with Gasteiger partial charge in [-0.05, 0) is 50.2 Å². The van der Waals surface area contributed by atoms with Crippen molar-refractivity contribution >= 4 is 23.3 Å². The number of oxazole rings is 1. The maximum atomic E-state index is 13.3. The molecule has 2 aromatic rings. The molecule has 1 aromatic heterocycles. The predicted molar refractivity (Wildman–Crippen MR) is 159 cm³/mol. The summed E-state index contributed by atoms with van der Waals surface area (Å²) in [5, 5.41) is 6.08. The molecule has 0 bridgehead atoms. The number of nitrogens with one attached hydrogen (secondary N) is 2. The minimum absolute atomic E-state index is 0.0867. The molecule has 214 valence electrons. The average Bonchev–Trinajstić information content (AvgIpc) is 3.46. The first-order valence-electron chi connectivity index (χ1n) is 14.3. The van der Waals surface area contributed by atoms with Crippen LogP contribution in [0.3, 0.4) is 0 Å². The van der Waals surface area contributed by atoms with Crippen molar-refractivity contribution in [2.45, 2.75) is 92.2 Å². The molecule has 2 N–H and O–H groups in total. The molecule has 0 unspecified atom stereocenters. The highest BCUT2D eigenvalue weighted by molar-refractivity contribution is 6.38. The van der Waals surface area contributed by atoms with Gasteiger partial charge in [-0.15, -0.1) is 0 Å². The SMILES string of the molecule is C=C(/N=C(/C(=O)NC(CC)CC)N(C)CC[C@H](C)CC)c1cccc(-c2ncc(C(=O)NC(CC)CC)o2)c1. The van der Waals surface area contributed by atoms with Crippen LogP contribution in [0.4, 0.5) is 0 Å². The van der Waals surface area contributed by atoms with E-state index in [1.165, 1.54) is 6.20 Å². The van der Waals surface area contributed by atoms with Crippen LogP contribution >= 0.6 is 0 Å². The number of hydrogen-bond acceptors (Lipinski definition) is 5. The molecular weight excluding hydrogens is 490 g/mol. The minimum Gasteiger partial charge on any atom is -0.431 e. The van der Waals surface area contributed by atoms with E-state index in [9.17, 15) is 9.59 Å². The van der Waals surface area contributed by atoms with E-state index in [1.54, 1.807) is 0 Å². The van der Waals surface area contributed by atoms with Gasteiger partial charge in [-0.3, -0.25) is 9.59 Å². The third-order valence-corrected chi connectivity index (χ3v) is 7.27. The van der Waals surface area contributed by atoms with Gasteiger partial charge in [0.1, 0.15) is 0 Å². The van der Waals surface area contributed by atoms with E-state index in [0.29, 0.717) is 28.9 Å². The van der Waals surface area contributed by atoms with Crippen molar-refractivity contribution in [3.63, 3.8) is 0 Å². The molecule has 0 aliphatic rings. The molecule has 2 rings (SSSR count). The van der Waals surface area contributed by atoms with E-state index in [1.807, 2.05) is 50.1 Å². The van der Waals surface area contributed by atoms with E-state index < -0.39 is 0 Å². The zero-order chi connectivity index (χ0) is 28.9. The summed E-state index contributed by atoms with van der Waals surface area (Å²) in [7, 11) is 1.90. The summed E-state index contributed by atoms with van der Waals surface area (Å²) >= 11 is 0. The van der Waals surface area contributed by atoms with E-state index in [-0.39, 0.29) is 29.7 Å². The Bertz CT molecular complexity index is 1110. The zero-order valence-corrected chi connectivity index (χ0v) is 24.8. The molecule has 1 aromatic carbocycles. The fraction of sp³-hybridized carbons (Fsp3) is 0.548. The Morgan fingerprint density at radius 1 is 1.03 bits per heavy atom. The maximum absolute atomic E-state index is 13.3. The first kappa shape index (κ1) is 31.8. The fourth-order valence-electron chi connectivity index (χ4n) is 4.06. The molecule has 0 aliphatic carbocycles. The number of hydrogen-bond donors (Lipinski definition) is 2. The lowest BCUT2D eigenvalue weighted by Gasteiger charge is -2.24. The van der Waals surface area contributed by atoms with Crippen LogP contribution in [-0.2, 0) is 4.79 Å². The molecule has 0 spiro atoms. The fourth-order valence-corrected chi connectivity index (χ4v) is 4.06. The van der Waals surface area contributed by atoms with E-state index in [4.69, 9.17) is 9.41 Å². The molecule has 0 saturated carbocycles. The summed E-state index contributed by atoms with van der Waals surface area (Å²) in [4.78, 5) is 36.8. The summed E-state index contributed by atoms with van der Waals surface area (Å²) in [5.41, 5.74) is 1.88. The lowest BCUT2D eigenvalue weighted by molar-refractivity contribution is -0.116. The molecule has 0 fully saturated rings. The van der Waals surface area contributed by atoms with Crippen molar-refractivity contribution in [1.82, 2.24) is 20.5 Å². The molecule has 1 atom stereocenters. The molecule has 0 saturated heterocycles. The van der Waals surface area contributed by atoms with Crippen LogP contribution in [0.25, 0.3) is 17.2 Å². The minimum atomic E-state index is -0.277. The summed E-state index contributed by atoms with van der Waals surface area (Å²) < 4.78 is 5.79. The number of carbonyl (C=O) groups is 2. The second kappa shape index (κ2) is 15.9. The van der Waals surface area contributed by atoms with Crippen LogP contribution in [0.15, 0.2) is 46.5 Å². The standard InChI is InChI=1S/C31H47N5O3/c1-9-21(6)17-18-36(8)28(30(38)35-26(12-4)13-5)33-22(7)23-15-14-16-24(19-23)31-32-20-27(39-31)29(37)34-25(10-2)11-3/h14-16,19-21,25-26H,7,9-13,17-18H2,1-6,8H3,(H,34,37)(H,35,38)/b33-28-/t21-/m1/s1. The lowest BCUT2D eigenvalue weighted by Crippen LogP contribution is -2.45. The summed E-state index contributed by atoms with van der Waals surface area (Å²) in [5.74, 6) is 0.924. The third kappa shape index (κ3) is 9.37. The van der Waals surface area contributed by atoms with Crippen molar-refractivity contribution < 1.29 is 14.0 Å². The van der Waals surface area contributed by atoms with Gasteiger partial charge in [0.05, 0.1) is 11.9 Å². The monoisotopic (exact) mass is 537 g/mol. The van der Waals surface area contributed by atoms with Crippen LogP contribution < -0.4 is 10.6 Å². The smallest absolute Gasteiger partial charge is 0.288 e. The Morgan fingerprint density at radius 3 is 2.28 bits per heavy atom. The van der Waals surface area contributed by atoms with Gasteiger partial charge in [-0.2, -0.15) is 0 Å². The van der Waals surface area contributed by atoms with Crippen LogP contribution in [0.5, 0.6) is 0 Å². The highest BCUT2D eigenvalue weighted by atomic mass is 16.4. The Morgan fingerprint density at radius 2 is 1.67 bits per heavy atom. The summed E-state index contributed by atoms with van der Waals surface area (Å²) in [6, 6.07) is 7.63. The topological polar surface area (TPSA) is 99.8 Å². The number of likely N-dealkylation sites (N-methyl/N-ethyl adjacent to an activating group) is 1. The van der Waals surface area contributed by atoms with Gasteiger partial charge in [-0.1, -0.05) is 66.7 Å². The molecule has 0 radical (unpaired) electrons. The molecule has 8 nitrogen and oxygen atoms in total. The van der Waals surface area contributed by atoms with Gasteiger partial charge >= 0.3 is 0 Å². The van der Waals surface area contributed by atoms with Crippen LogP contribution in [0.1, 0.15) is 96.2 Å². The van der Waals surface area contributed by atoms with Crippen LogP contribution in [0.2, 0.25) is 0 Å². The van der Waals surface area contributed by atoms with Crippen molar-refractivity contribution in [2.24, 2.45) is 10.9 Å². The van der Waals surface area contributed by atoms with Crippen molar-refractivity contribution in [1.29, 1.82) is 0 Å². The van der Waals surface area contributed by atoms with Gasteiger partial charge < -0.3 is 20.0 Å². The zero-order valence-electron chi connectivity index (χ0n) is 24.8. The number of amides is 2. The van der Waals surface area contributed by atoms with E-state index >= 15 is 0 Å². The van der Waals surface area contributed by atoms with Gasteiger partial charge in [0.15, 0.2) is 5.84 Å².